The van der Waals surface area contributed by atoms with Gasteiger partial charge in [-0.3, -0.25) is 0 Å². The Labute approximate surface area is 470 Å². The smallest absolute Gasteiger partial charge is 0.363 e. The molecule has 0 bridgehead atoms. The third kappa shape index (κ3) is 16.3. The molecule has 77 heavy (non-hydrogen) atoms. The second-order valence-corrected chi connectivity index (χ2v) is 29.4. The van der Waals surface area contributed by atoms with Gasteiger partial charge in [-0.25, -0.2) is 0 Å². The van der Waals surface area contributed by atoms with Crippen LogP contribution in [0.2, 0.25) is 29.8 Å². The number of benzene rings is 3. The molecule has 428 valence electrons. The Morgan fingerprint density at radius 3 is 1.65 bits per heavy atom. The molecule has 0 spiro atoms. The molecule has 0 radical (unpaired) electrons. The monoisotopic (exact) mass is 1100 g/mol. The first-order chi connectivity index (χ1) is 37.0. The van der Waals surface area contributed by atoms with Crippen LogP contribution < -0.4 is 14.2 Å². The van der Waals surface area contributed by atoms with E-state index in [4.69, 9.17) is 69.9 Å². The summed E-state index contributed by atoms with van der Waals surface area (Å²) in [5, 5.41) is -0.0277. The average molecular weight is 1100 g/mol. The Bertz CT molecular complexity index is 2180. The molecule has 2 aliphatic carbocycles. The zero-order chi connectivity index (χ0) is 55.2. The molecule has 0 aromatic heterocycles. The van der Waals surface area contributed by atoms with Crippen molar-refractivity contribution in [3.8, 4) is 17.2 Å². The maximum Gasteiger partial charge on any atom is 0.363 e. The first-order valence-electron chi connectivity index (χ1n) is 29.2. The van der Waals surface area contributed by atoms with E-state index in [0.29, 0.717) is 43.6 Å². The van der Waals surface area contributed by atoms with Crippen LogP contribution >= 0.6 is 11.6 Å². The number of alkyl halides is 1. The van der Waals surface area contributed by atoms with Crippen molar-refractivity contribution in [3.63, 3.8) is 0 Å². The van der Waals surface area contributed by atoms with Crippen LogP contribution in [0, 0.1) is 11.8 Å². The van der Waals surface area contributed by atoms with Crippen molar-refractivity contribution in [3.05, 3.63) is 102 Å². The van der Waals surface area contributed by atoms with E-state index in [1.54, 1.807) is 28.4 Å². The normalized spacial score (nSPS) is 27.2. The van der Waals surface area contributed by atoms with Crippen LogP contribution in [0.5, 0.6) is 17.2 Å². The fraction of sp³-hybridized carbons (Fsp3) is 0.683. The van der Waals surface area contributed by atoms with Crippen LogP contribution in [0.25, 0.3) is 0 Å². The number of methoxy groups -OCH3 is 4. The van der Waals surface area contributed by atoms with E-state index < -0.39 is 44.6 Å². The van der Waals surface area contributed by atoms with E-state index in [0.717, 1.165) is 59.0 Å². The Hall–Kier alpha value is -3.11. The standard InChI is InChI=1S/C63H96BClO11Si/c1-44(75-64(50-21-15-13-16-22-50)51-23-17-14-18-24-51)39-56-60(71-42-48-28-34-53(67-8)35-29-48)58(70-41-47-26-32-52(66-7)33-27-47)46(3)59(73-56)61(72-43-49-30-36-54(68-9)37-31-49)63(69-10)40-57(76-77(11,12)62(4,5)6)45(2)55(74-63)25-19-20-38-65/h26-37,45-46,50-51,55-61H,1,13-25,38-43H2,2-12H3/t45-,46+,55+,56+,57-,58+,59+,60-,61-,63+/m0/s1. The van der Waals surface area contributed by atoms with E-state index in [1.165, 1.54) is 64.2 Å². The number of ether oxygens (including phenoxy) is 9. The lowest BCUT2D eigenvalue weighted by Crippen LogP contribution is -2.67. The van der Waals surface area contributed by atoms with Crippen molar-refractivity contribution < 1.29 is 51.7 Å². The molecule has 2 saturated heterocycles. The van der Waals surface area contributed by atoms with Crippen LogP contribution in [-0.2, 0) is 57.3 Å². The summed E-state index contributed by atoms with van der Waals surface area (Å²) in [4.78, 5) is 0. The lowest BCUT2D eigenvalue weighted by atomic mass is 9.41. The molecule has 11 nitrogen and oxygen atoms in total. The van der Waals surface area contributed by atoms with Gasteiger partial charge in [0.1, 0.15) is 29.5 Å². The summed E-state index contributed by atoms with van der Waals surface area (Å²) in [6.07, 6.45) is 12.3. The van der Waals surface area contributed by atoms with Gasteiger partial charge in [0.05, 0.1) is 77.4 Å². The third-order valence-corrected chi connectivity index (χ3v) is 22.8. The summed E-state index contributed by atoms with van der Waals surface area (Å²) in [6, 6.07) is 24.2. The maximum absolute atomic E-state index is 7.77. The van der Waals surface area contributed by atoms with Gasteiger partial charge in [-0.05, 0) is 102 Å². The van der Waals surface area contributed by atoms with Crippen LogP contribution in [0.1, 0.15) is 148 Å². The lowest BCUT2D eigenvalue weighted by molar-refractivity contribution is -0.368. The zero-order valence-electron chi connectivity index (χ0n) is 48.9. The molecule has 4 fully saturated rings. The molecule has 2 saturated carbocycles. The molecular weight excluding hydrogens is 1010 g/mol. The van der Waals surface area contributed by atoms with E-state index >= 15 is 0 Å². The maximum atomic E-state index is 7.77. The Kier molecular flexibility index (Phi) is 23.2. The number of hydrogen-bond donors (Lipinski definition) is 0. The number of hydrogen-bond acceptors (Lipinski definition) is 11. The predicted octanol–water partition coefficient (Wildman–Crippen LogP) is 15.3. The van der Waals surface area contributed by atoms with Gasteiger partial charge in [0.15, 0.2) is 14.1 Å². The zero-order valence-corrected chi connectivity index (χ0v) is 50.6. The van der Waals surface area contributed by atoms with Crippen molar-refractivity contribution in [2.24, 2.45) is 11.8 Å². The molecule has 3 aromatic carbocycles. The van der Waals surface area contributed by atoms with Gasteiger partial charge in [-0.2, -0.15) is 0 Å². The van der Waals surface area contributed by atoms with Crippen LogP contribution in [-0.4, -0.2) is 98.1 Å². The fourth-order valence-electron chi connectivity index (χ4n) is 12.3. The number of halogens is 1. The summed E-state index contributed by atoms with van der Waals surface area (Å²) >= 11 is 6.34. The molecule has 14 heteroatoms. The van der Waals surface area contributed by atoms with Gasteiger partial charge >= 0.3 is 6.92 Å². The molecular formula is C63H96BClO11Si. The predicted molar refractivity (Wildman–Crippen MR) is 312 cm³/mol. The topological polar surface area (TPSA) is 102 Å². The van der Waals surface area contributed by atoms with Crippen molar-refractivity contribution in [2.45, 2.75) is 229 Å². The lowest BCUT2D eigenvalue weighted by Gasteiger charge is -2.55. The molecule has 2 heterocycles. The van der Waals surface area contributed by atoms with Gasteiger partial charge in [0.2, 0.25) is 0 Å². The van der Waals surface area contributed by atoms with Gasteiger partial charge in [-0.15, -0.1) is 11.6 Å². The highest BCUT2D eigenvalue weighted by atomic mass is 35.5. The first-order valence-corrected chi connectivity index (χ1v) is 32.7. The van der Waals surface area contributed by atoms with Gasteiger partial charge < -0.3 is 51.7 Å². The summed E-state index contributed by atoms with van der Waals surface area (Å²) in [5.41, 5.74) is 3.00. The molecule has 0 amide bonds. The summed E-state index contributed by atoms with van der Waals surface area (Å²) < 4.78 is 75.7. The molecule has 10 atom stereocenters. The molecule has 3 aromatic rings. The highest BCUT2D eigenvalue weighted by Crippen LogP contribution is 2.49. The van der Waals surface area contributed by atoms with Crippen molar-refractivity contribution in [2.75, 3.05) is 34.3 Å². The number of rotatable bonds is 27. The minimum Gasteiger partial charge on any atom is -0.563 e. The second-order valence-electron chi connectivity index (χ2n) is 24.3. The van der Waals surface area contributed by atoms with Crippen molar-refractivity contribution >= 4 is 26.8 Å². The Morgan fingerprint density at radius 1 is 0.688 bits per heavy atom. The molecule has 2 aliphatic heterocycles. The minimum absolute atomic E-state index is 0.0277. The van der Waals surface area contributed by atoms with Crippen molar-refractivity contribution in [1.29, 1.82) is 0 Å². The number of unbranched alkanes of at least 4 members (excludes halogenated alkanes) is 1. The van der Waals surface area contributed by atoms with Crippen LogP contribution in [0.15, 0.2) is 85.1 Å². The molecule has 0 unspecified atom stereocenters. The fourth-order valence-corrected chi connectivity index (χ4v) is 13.8. The van der Waals surface area contributed by atoms with E-state index in [9.17, 15) is 0 Å². The van der Waals surface area contributed by atoms with E-state index in [1.807, 2.05) is 48.5 Å². The van der Waals surface area contributed by atoms with Crippen LogP contribution in [0.4, 0.5) is 0 Å². The van der Waals surface area contributed by atoms with Crippen molar-refractivity contribution in [1.82, 2.24) is 0 Å². The molecule has 7 rings (SSSR count). The van der Waals surface area contributed by atoms with Gasteiger partial charge in [0.25, 0.3) is 0 Å². The SMILES string of the molecule is C=C(C[C@H]1O[C@@H]([C@H](OCc2ccc(OC)cc2)[C@@]2(OC)C[C@H](O[Si](C)(C)C(C)(C)C)[C@@H](C)[C@@H](CCCCCl)O2)[C@H](C)[C@@H](OCc2ccc(OC)cc2)[C@H]1OCc1ccc(OC)cc1)OB(C1CCCCC1)C1CCCCC1. The second kappa shape index (κ2) is 29.0. The first kappa shape index (κ1) is 61.5. The average Bonchev–Trinajstić information content (AvgIpc) is 3.46. The summed E-state index contributed by atoms with van der Waals surface area (Å²) in [5.74, 6) is 3.11. The van der Waals surface area contributed by atoms with Gasteiger partial charge in [0, 0.05) is 37.7 Å². The van der Waals surface area contributed by atoms with Crippen LogP contribution in [0.3, 0.4) is 0 Å². The van der Waals surface area contributed by atoms with E-state index in [-0.39, 0.29) is 42.6 Å². The Morgan fingerprint density at radius 2 is 1.18 bits per heavy atom. The van der Waals surface area contributed by atoms with Gasteiger partial charge in [-0.1, -0.05) is 142 Å². The Balaban J connectivity index is 1.33. The molecule has 0 N–H and O–H groups in total. The largest absolute Gasteiger partial charge is 0.563 e. The molecule has 4 aliphatic rings. The third-order valence-electron chi connectivity index (χ3n) is 18.0. The summed E-state index contributed by atoms with van der Waals surface area (Å²) in [7, 11) is 4.49. The van der Waals surface area contributed by atoms with E-state index in [2.05, 4.69) is 72.0 Å². The minimum atomic E-state index is -2.32. The highest BCUT2D eigenvalue weighted by Gasteiger charge is 2.60. The highest BCUT2D eigenvalue weighted by molar-refractivity contribution is 6.74. The quantitative estimate of drug-likeness (QED) is 0.0316. The summed E-state index contributed by atoms with van der Waals surface area (Å²) in [6.45, 7) is 21.8.